The second kappa shape index (κ2) is 9.35. The molecule has 7 heteroatoms. The molecule has 3 heterocycles. The smallest absolute Gasteiger partial charge is 0.349 e. The lowest BCUT2D eigenvalue weighted by atomic mass is 9.95. The van der Waals surface area contributed by atoms with E-state index < -0.39 is 5.63 Å². The molecule has 26 heavy (non-hydrogen) atoms. The number of amides is 1. The number of carbonyl (C=O) groups excluding carboxylic acids is 1. The Morgan fingerprint density at radius 2 is 2.19 bits per heavy atom. The summed E-state index contributed by atoms with van der Waals surface area (Å²) in [5.74, 6) is 0.535. The van der Waals surface area contributed by atoms with Crippen molar-refractivity contribution >= 4 is 29.7 Å². The first-order chi connectivity index (χ1) is 12.0. The molecule has 0 bridgehead atoms. The third kappa shape index (κ3) is 4.96. The van der Waals surface area contributed by atoms with Gasteiger partial charge in [-0.3, -0.25) is 4.79 Å². The van der Waals surface area contributed by atoms with Crippen molar-refractivity contribution in [1.82, 2.24) is 10.6 Å². The van der Waals surface area contributed by atoms with E-state index in [0.29, 0.717) is 17.9 Å². The molecule has 0 aromatic carbocycles. The Labute approximate surface area is 163 Å². The number of nitrogens with one attached hydrogen (secondary N) is 2. The highest BCUT2D eigenvalue weighted by molar-refractivity contribution is 7.11. The minimum absolute atomic E-state index is 0. The number of rotatable bonds is 5. The van der Waals surface area contributed by atoms with E-state index in [9.17, 15) is 9.59 Å². The number of carbonyl (C=O) groups is 1. The average Bonchev–Trinajstić information content (AvgIpc) is 3.00. The monoisotopic (exact) mass is 396 g/mol. The van der Waals surface area contributed by atoms with E-state index in [1.807, 2.05) is 6.07 Å². The zero-order valence-electron chi connectivity index (χ0n) is 15.1. The lowest BCUT2D eigenvalue weighted by Crippen LogP contribution is -2.32. The topological polar surface area (TPSA) is 71.3 Å². The van der Waals surface area contributed by atoms with Crippen molar-refractivity contribution in [1.29, 1.82) is 0 Å². The highest BCUT2D eigenvalue weighted by atomic mass is 35.5. The maximum atomic E-state index is 12.4. The Bertz CT molecular complexity index is 809. The number of piperidine rings is 1. The maximum Gasteiger partial charge on any atom is 0.349 e. The molecule has 3 rings (SSSR count). The molecule has 1 fully saturated rings. The van der Waals surface area contributed by atoms with Crippen molar-refractivity contribution in [3.05, 3.63) is 55.3 Å². The summed E-state index contributed by atoms with van der Waals surface area (Å²) in [6, 6.07) is 5.98. The lowest BCUT2D eigenvalue weighted by molar-refractivity contribution is 0.0949. The van der Waals surface area contributed by atoms with Crippen LogP contribution < -0.4 is 16.3 Å². The molecule has 0 spiro atoms. The number of halogens is 1. The molecule has 142 valence electrons. The van der Waals surface area contributed by atoms with Crippen molar-refractivity contribution in [2.45, 2.75) is 39.0 Å². The van der Waals surface area contributed by atoms with Crippen molar-refractivity contribution < 1.29 is 9.21 Å². The maximum absolute atomic E-state index is 12.4. The van der Waals surface area contributed by atoms with E-state index in [0.717, 1.165) is 32.4 Å². The quantitative estimate of drug-likeness (QED) is 0.814. The third-order valence-corrected chi connectivity index (χ3v) is 5.61. The fourth-order valence-corrected chi connectivity index (χ4v) is 4.10. The van der Waals surface area contributed by atoms with Gasteiger partial charge in [-0.05, 0) is 63.4 Å². The summed E-state index contributed by atoms with van der Waals surface area (Å²) in [5.41, 5.74) is 0.265. The van der Waals surface area contributed by atoms with E-state index in [-0.39, 0.29) is 29.8 Å². The molecule has 2 aromatic rings. The lowest BCUT2D eigenvalue weighted by Gasteiger charge is -2.22. The predicted molar refractivity (Wildman–Crippen MR) is 107 cm³/mol. The molecule has 1 aliphatic rings. The molecule has 0 saturated carbocycles. The van der Waals surface area contributed by atoms with Gasteiger partial charge < -0.3 is 15.1 Å². The first kappa shape index (κ1) is 20.7. The van der Waals surface area contributed by atoms with Gasteiger partial charge in [-0.25, -0.2) is 4.79 Å². The Morgan fingerprint density at radius 3 is 2.81 bits per heavy atom. The van der Waals surface area contributed by atoms with Crippen LogP contribution in [-0.2, 0) is 6.42 Å². The zero-order valence-corrected chi connectivity index (χ0v) is 16.7. The highest BCUT2D eigenvalue weighted by Crippen LogP contribution is 2.23. The summed E-state index contributed by atoms with van der Waals surface area (Å²) >= 11 is 1.72. The Kier molecular flexibility index (Phi) is 7.43. The summed E-state index contributed by atoms with van der Waals surface area (Å²) in [7, 11) is 0. The van der Waals surface area contributed by atoms with Crippen LogP contribution in [0.1, 0.15) is 50.2 Å². The SMILES string of the molecule is Cc1ccc(CCNC(=O)c2c(C)cc(C3CCCNC3)oc2=O)s1.Cl. The molecule has 2 aromatic heterocycles. The molecular weight excluding hydrogens is 372 g/mol. The normalized spacial score (nSPS) is 16.8. The van der Waals surface area contributed by atoms with Gasteiger partial charge >= 0.3 is 5.63 Å². The molecule has 1 amide bonds. The third-order valence-electron chi connectivity index (χ3n) is 4.55. The summed E-state index contributed by atoms with van der Waals surface area (Å²) in [4.78, 5) is 27.2. The van der Waals surface area contributed by atoms with Gasteiger partial charge in [0.15, 0.2) is 0 Å². The van der Waals surface area contributed by atoms with Crippen LogP contribution in [0, 0.1) is 13.8 Å². The predicted octanol–water partition coefficient (Wildman–Crippen LogP) is 3.18. The van der Waals surface area contributed by atoms with Crippen molar-refractivity contribution in [2.75, 3.05) is 19.6 Å². The fraction of sp³-hybridized carbons (Fsp3) is 0.474. The number of thiophene rings is 1. The van der Waals surface area contributed by atoms with Crippen LogP contribution in [-0.4, -0.2) is 25.5 Å². The van der Waals surface area contributed by atoms with Crippen molar-refractivity contribution in [2.24, 2.45) is 0 Å². The second-order valence-electron chi connectivity index (χ2n) is 6.56. The minimum atomic E-state index is -0.537. The van der Waals surface area contributed by atoms with Crippen LogP contribution in [0.25, 0.3) is 0 Å². The van der Waals surface area contributed by atoms with Gasteiger partial charge in [-0.15, -0.1) is 23.7 Å². The molecule has 5 nitrogen and oxygen atoms in total. The van der Waals surface area contributed by atoms with Gasteiger partial charge in [-0.2, -0.15) is 0 Å². The summed E-state index contributed by atoms with van der Waals surface area (Å²) in [6.45, 7) is 6.18. The van der Waals surface area contributed by atoms with Crippen LogP contribution in [0.3, 0.4) is 0 Å². The first-order valence-corrected chi connectivity index (χ1v) is 9.55. The Hall–Kier alpha value is -1.63. The molecule has 1 saturated heterocycles. The molecule has 0 aliphatic carbocycles. The molecule has 1 atom stereocenters. The zero-order chi connectivity index (χ0) is 17.8. The molecular formula is C19H25ClN2O3S. The van der Waals surface area contributed by atoms with Crippen LogP contribution in [0.15, 0.2) is 27.4 Å². The standard InChI is InChI=1S/C19H24N2O3S.ClH/c1-12-10-16(14-4-3-8-20-11-14)24-19(23)17(12)18(22)21-9-7-15-6-5-13(2)25-15;/h5-6,10,14,20H,3-4,7-9,11H2,1-2H3,(H,21,22);1H. The molecule has 0 radical (unpaired) electrons. The van der Waals surface area contributed by atoms with Gasteiger partial charge in [0.1, 0.15) is 11.3 Å². The summed E-state index contributed by atoms with van der Waals surface area (Å²) in [6.07, 6.45) is 2.83. The number of hydrogen-bond acceptors (Lipinski definition) is 5. The van der Waals surface area contributed by atoms with Crippen LogP contribution in [0.4, 0.5) is 0 Å². The van der Waals surface area contributed by atoms with Gasteiger partial charge in [0, 0.05) is 28.8 Å². The van der Waals surface area contributed by atoms with Gasteiger partial charge in [0.2, 0.25) is 0 Å². The average molecular weight is 397 g/mol. The van der Waals surface area contributed by atoms with Crippen LogP contribution in [0.5, 0.6) is 0 Å². The highest BCUT2D eigenvalue weighted by Gasteiger charge is 2.22. The molecule has 1 unspecified atom stereocenters. The first-order valence-electron chi connectivity index (χ1n) is 8.73. The Balaban J connectivity index is 0.00000243. The summed E-state index contributed by atoms with van der Waals surface area (Å²) < 4.78 is 5.46. The molecule has 1 aliphatic heterocycles. The van der Waals surface area contributed by atoms with Gasteiger partial charge in [0.05, 0.1) is 0 Å². The number of hydrogen-bond donors (Lipinski definition) is 2. The van der Waals surface area contributed by atoms with Crippen molar-refractivity contribution in [3.8, 4) is 0 Å². The van der Waals surface area contributed by atoms with Gasteiger partial charge in [0.25, 0.3) is 5.91 Å². The second-order valence-corrected chi connectivity index (χ2v) is 7.93. The van der Waals surface area contributed by atoms with Gasteiger partial charge in [-0.1, -0.05) is 0 Å². The Morgan fingerprint density at radius 1 is 1.38 bits per heavy atom. The van der Waals surface area contributed by atoms with E-state index in [1.54, 1.807) is 18.3 Å². The van der Waals surface area contributed by atoms with E-state index >= 15 is 0 Å². The van der Waals surface area contributed by atoms with E-state index in [2.05, 4.69) is 29.7 Å². The summed E-state index contributed by atoms with van der Waals surface area (Å²) in [5, 5.41) is 6.15. The molecule has 2 N–H and O–H groups in total. The number of aryl methyl sites for hydroxylation is 2. The van der Waals surface area contributed by atoms with E-state index in [4.69, 9.17) is 4.42 Å². The fourth-order valence-electron chi connectivity index (χ4n) is 3.21. The largest absolute Gasteiger partial charge is 0.427 e. The van der Waals surface area contributed by atoms with Crippen LogP contribution in [0.2, 0.25) is 0 Å². The van der Waals surface area contributed by atoms with Crippen molar-refractivity contribution in [3.63, 3.8) is 0 Å². The van der Waals surface area contributed by atoms with Crippen LogP contribution >= 0.6 is 23.7 Å². The minimum Gasteiger partial charge on any atom is -0.427 e. The van der Waals surface area contributed by atoms with E-state index in [1.165, 1.54) is 9.75 Å².